The Hall–Kier alpha value is -3.55. The Labute approximate surface area is 206 Å². The maximum Gasteiger partial charge on any atom is 0.293 e. The second-order valence-electron chi connectivity index (χ2n) is 7.68. The van der Waals surface area contributed by atoms with Crippen LogP contribution in [0.15, 0.2) is 77.7 Å². The maximum absolute atomic E-state index is 12.8. The fourth-order valence-corrected chi connectivity index (χ4v) is 4.42. The number of amides is 3. The molecule has 172 valence electrons. The van der Waals surface area contributed by atoms with Crippen LogP contribution in [0.5, 0.6) is 5.75 Å². The van der Waals surface area contributed by atoms with E-state index in [4.69, 9.17) is 16.3 Å². The van der Waals surface area contributed by atoms with E-state index in [0.717, 1.165) is 22.9 Å². The first-order chi connectivity index (χ1) is 16.4. The Morgan fingerprint density at radius 3 is 2.65 bits per heavy atom. The van der Waals surface area contributed by atoms with E-state index in [0.29, 0.717) is 26.9 Å². The summed E-state index contributed by atoms with van der Waals surface area (Å²) >= 11 is 6.89. The molecule has 1 saturated heterocycles. The number of aryl methyl sites for hydroxylation is 1. The van der Waals surface area contributed by atoms with Crippen LogP contribution in [-0.4, -0.2) is 28.6 Å². The van der Waals surface area contributed by atoms with Crippen molar-refractivity contribution in [1.29, 1.82) is 0 Å². The number of carbonyl (C=O) groups excluding carboxylic acids is 3. The molecule has 1 fully saturated rings. The Kier molecular flexibility index (Phi) is 7.35. The third-order valence-electron chi connectivity index (χ3n) is 4.93. The number of ether oxygens (including phenoxy) is 1. The molecule has 3 aromatic carbocycles. The van der Waals surface area contributed by atoms with Gasteiger partial charge in [0.1, 0.15) is 5.75 Å². The van der Waals surface area contributed by atoms with Crippen molar-refractivity contribution in [3.8, 4) is 5.75 Å². The standard InChI is InChI=1S/C26H21ClN2O4S/c1-17-5-2-9-21(11-17)28-24(30)16-33-22-10-4-6-18(13-22)14-23-25(31)29(26(32)34-23)15-19-7-3-8-20(27)12-19/h2-14H,15-16H2,1H3,(H,28,30)/b23-14-. The summed E-state index contributed by atoms with van der Waals surface area (Å²) in [6.45, 7) is 1.94. The summed E-state index contributed by atoms with van der Waals surface area (Å²) in [7, 11) is 0. The van der Waals surface area contributed by atoms with E-state index in [2.05, 4.69) is 5.32 Å². The Balaban J connectivity index is 1.39. The van der Waals surface area contributed by atoms with Crippen LogP contribution in [0.1, 0.15) is 16.7 Å². The molecule has 0 aromatic heterocycles. The highest BCUT2D eigenvalue weighted by molar-refractivity contribution is 8.18. The lowest BCUT2D eigenvalue weighted by molar-refractivity contribution is -0.123. The second kappa shape index (κ2) is 10.6. The summed E-state index contributed by atoms with van der Waals surface area (Å²) in [5, 5.41) is 3.00. The topological polar surface area (TPSA) is 75.7 Å². The minimum atomic E-state index is -0.362. The molecule has 0 bridgehead atoms. The predicted octanol–water partition coefficient (Wildman–Crippen LogP) is 5.90. The molecule has 1 heterocycles. The third kappa shape index (κ3) is 6.07. The van der Waals surface area contributed by atoms with E-state index in [1.54, 1.807) is 48.5 Å². The highest BCUT2D eigenvalue weighted by Crippen LogP contribution is 2.34. The molecule has 0 spiro atoms. The first-order valence-corrected chi connectivity index (χ1v) is 11.7. The number of imide groups is 1. The number of hydrogen-bond acceptors (Lipinski definition) is 5. The van der Waals surface area contributed by atoms with Gasteiger partial charge in [-0.3, -0.25) is 19.3 Å². The van der Waals surface area contributed by atoms with E-state index in [-0.39, 0.29) is 30.2 Å². The molecule has 4 rings (SSSR count). The van der Waals surface area contributed by atoms with E-state index in [1.807, 2.05) is 37.3 Å². The molecule has 3 amide bonds. The largest absolute Gasteiger partial charge is 0.484 e. The normalized spacial score (nSPS) is 14.5. The lowest BCUT2D eigenvalue weighted by atomic mass is 10.2. The minimum absolute atomic E-state index is 0.155. The summed E-state index contributed by atoms with van der Waals surface area (Å²) in [6.07, 6.45) is 1.64. The molecular formula is C26H21ClN2O4S. The lowest BCUT2D eigenvalue weighted by Gasteiger charge is -2.12. The van der Waals surface area contributed by atoms with Crippen molar-refractivity contribution < 1.29 is 19.1 Å². The maximum atomic E-state index is 12.8. The molecule has 6 nitrogen and oxygen atoms in total. The SMILES string of the molecule is Cc1cccc(NC(=O)COc2cccc(/C=C3\SC(=O)N(Cc4cccc(Cl)c4)C3=O)c2)c1. The van der Waals surface area contributed by atoms with Crippen molar-refractivity contribution in [3.05, 3.63) is 99.4 Å². The van der Waals surface area contributed by atoms with Gasteiger partial charge in [-0.2, -0.15) is 0 Å². The summed E-state index contributed by atoms with van der Waals surface area (Å²) < 4.78 is 5.61. The number of anilines is 1. The van der Waals surface area contributed by atoms with Crippen molar-refractivity contribution in [2.75, 3.05) is 11.9 Å². The number of carbonyl (C=O) groups is 3. The van der Waals surface area contributed by atoms with E-state index in [9.17, 15) is 14.4 Å². The van der Waals surface area contributed by atoms with Crippen LogP contribution >= 0.6 is 23.4 Å². The van der Waals surface area contributed by atoms with Crippen LogP contribution in [-0.2, 0) is 16.1 Å². The molecule has 3 aromatic rings. The molecule has 1 aliphatic heterocycles. The lowest BCUT2D eigenvalue weighted by Crippen LogP contribution is -2.27. The van der Waals surface area contributed by atoms with Crippen molar-refractivity contribution in [2.45, 2.75) is 13.5 Å². The molecular weight excluding hydrogens is 472 g/mol. The summed E-state index contributed by atoms with van der Waals surface area (Å²) in [6, 6.07) is 21.5. The van der Waals surface area contributed by atoms with Gasteiger partial charge in [0, 0.05) is 10.7 Å². The molecule has 0 saturated carbocycles. The number of benzene rings is 3. The highest BCUT2D eigenvalue weighted by atomic mass is 35.5. The van der Waals surface area contributed by atoms with Crippen LogP contribution in [0.4, 0.5) is 10.5 Å². The highest BCUT2D eigenvalue weighted by Gasteiger charge is 2.35. The Bertz CT molecular complexity index is 1290. The van der Waals surface area contributed by atoms with Crippen LogP contribution in [0.25, 0.3) is 6.08 Å². The summed E-state index contributed by atoms with van der Waals surface area (Å²) in [5.41, 5.74) is 3.21. The zero-order valence-corrected chi connectivity index (χ0v) is 19.9. The van der Waals surface area contributed by atoms with E-state index >= 15 is 0 Å². The van der Waals surface area contributed by atoms with Gasteiger partial charge in [0.2, 0.25) is 0 Å². The van der Waals surface area contributed by atoms with Crippen LogP contribution in [0.2, 0.25) is 5.02 Å². The minimum Gasteiger partial charge on any atom is -0.484 e. The molecule has 1 aliphatic rings. The number of thioether (sulfide) groups is 1. The van der Waals surface area contributed by atoms with Gasteiger partial charge in [-0.25, -0.2) is 0 Å². The summed E-state index contributed by atoms with van der Waals surface area (Å²) in [4.78, 5) is 38.9. The zero-order valence-electron chi connectivity index (χ0n) is 18.3. The molecule has 8 heteroatoms. The average Bonchev–Trinajstić information content (AvgIpc) is 3.05. The number of hydrogen-bond donors (Lipinski definition) is 1. The number of nitrogens with zero attached hydrogens (tertiary/aromatic N) is 1. The quantitative estimate of drug-likeness (QED) is 0.415. The van der Waals surface area contributed by atoms with Crippen LogP contribution < -0.4 is 10.1 Å². The second-order valence-corrected chi connectivity index (χ2v) is 9.11. The van der Waals surface area contributed by atoms with Gasteiger partial charge in [0.15, 0.2) is 6.61 Å². The van der Waals surface area contributed by atoms with E-state index in [1.165, 1.54) is 4.90 Å². The van der Waals surface area contributed by atoms with Gasteiger partial charge in [0.05, 0.1) is 11.4 Å². The fraction of sp³-hybridized carbons (Fsp3) is 0.115. The molecule has 34 heavy (non-hydrogen) atoms. The fourth-order valence-electron chi connectivity index (χ4n) is 3.37. The van der Waals surface area contributed by atoms with Gasteiger partial charge >= 0.3 is 0 Å². The first kappa shape index (κ1) is 23.6. The van der Waals surface area contributed by atoms with Crippen molar-refractivity contribution in [3.63, 3.8) is 0 Å². The predicted molar refractivity (Wildman–Crippen MR) is 135 cm³/mol. The van der Waals surface area contributed by atoms with Crippen molar-refractivity contribution in [1.82, 2.24) is 4.90 Å². The van der Waals surface area contributed by atoms with Crippen molar-refractivity contribution >= 4 is 52.2 Å². The van der Waals surface area contributed by atoms with Gasteiger partial charge in [-0.15, -0.1) is 0 Å². The van der Waals surface area contributed by atoms with Gasteiger partial charge in [0.25, 0.3) is 17.1 Å². The third-order valence-corrected chi connectivity index (χ3v) is 6.07. The van der Waals surface area contributed by atoms with Crippen molar-refractivity contribution in [2.24, 2.45) is 0 Å². The van der Waals surface area contributed by atoms with Crippen LogP contribution in [0.3, 0.4) is 0 Å². The van der Waals surface area contributed by atoms with E-state index < -0.39 is 0 Å². The molecule has 1 N–H and O–H groups in total. The molecule has 0 aliphatic carbocycles. The number of halogens is 1. The Morgan fingerprint density at radius 2 is 1.85 bits per heavy atom. The average molecular weight is 493 g/mol. The van der Waals surface area contributed by atoms with Gasteiger partial charge in [-0.1, -0.05) is 48.0 Å². The van der Waals surface area contributed by atoms with Gasteiger partial charge < -0.3 is 10.1 Å². The molecule has 0 unspecified atom stereocenters. The number of nitrogens with one attached hydrogen (secondary N) is 1. The smallest absolute Gasteiger partial charge is 0.293 e. The van der Waals surface area contributed by atoms with Crippen LogP contribution in [0, 0.1) is 6.92 Å². The monoisotopic (exact) mass is 492 g/mol. The first-order valence-electron chi connectivity index (χ1n) is 10.5. The van der Waals surface area contributed by atoms with Gasteiger partial charge in [-0.05, 0) is 77.9 Å². The number of rotatable bonds is 7. The summed E-state index contributed by atoms with van der Waals surface area (Å²) in [5.74, 6) is -0.164. The zero-order chi connectivity index (χ0) is 24.1. The Morgan fingerprint density at radius 1 is 1.06 bits per heavy atom. The molecule has 0 atom stereocenters. The molecule has 0 radical (unpaired) electrons.